The van der Waals surface area contributed by atoms with E-state index in [0.717, 1.165) is 0 Å². The van der Waals surface area contributed by atoms with Crippen LogP contribution in [-0.4, -0.2) is 31.0 Å². The largest absolute Gasteiger partial charge is 0.339 e. The number of nitrogens with zero attached hydrogens (tertiary/aromatic N) is 5. The van der Waals surface area contributed by atoms with Crippen LogP contribution in [0.3, 0.4) is 0 Å². The molecule has 0 aliphatic carbocycles. The van der Waals surface area contributed by atoms with E-state index in [2.05, 4.69) is 30.4 Å². The quantitative estimate of drug-likeness (QED) is 0.761. The third-order valence-electron chi connectivity index (χ3n) is 3.48. The molecular weight excluding hydrogens is 320 g/mol. The molecule has 3 rings (SSSR count). The van der Waals surface area contributed by atoms with Crippen LogP contribution in [0.15, 0.2) is 41.2 Å². The van der Waals surface area contributed by atoms with E-state index in [1.54, 1.807) is 37.5 Å². The highest BCUT2D eigenvalue weighted by Gasteiger charge is 2.19. The maximum Gasteiger partial charge on any atom is 0.270 e. The molecule has 128 valence electrons. The van der Waals surface area contributed by atoms with Crippen molar-refractivity contribution in [1.82, 2.24) is 30.4 Å². The third-order valence-corrected chi connectivity index (χ3v) is 3.48. The second kappa shape index (κ2) is 7.16. The fourth-order valence-corrected chi connectivity index (χ4v) is 2.12. The topological polar surface area (TPSA) is 107 Å². The Kier molecular flexibility index (Phi) is 4.78. The van der Waals surface area contributed by atoms with Crippen molar-refractivity contribution in [3.63, 3.8) is 0 Å². The minimum absolute atomic E-state index is 0.141. The molecule has 8 heteroatoms. The molecular formula is C17H18N6O2. The Hall–Kier alpha value is -3.16. The monoisotopic (exact) mass is 338 g/mol. The molecule has 3 aromatic heterocycles. The molecule has 0 saturated carbocycles. The molecule has 0 aliphatic rings. The Labute approximate surface area is 144 Å². The highest BCUT2D eigenvalue weighted by Crippen LogP contribution is 2.17. The van der Waals surface area contributed by atoms with Crippen molar-refractivity contribution in [2.75, 3.05) is 0 Å². The zero-order chi connectivity index (χ0) is 17.8. The summed E-state index contributed by atoms with van der Waals surface area (Å²) in [7, 11) is 0. The molecule has 1 amide bonds. The van der Waals surface area contributed by atoms with Gasteiger partial charge in [0.25, 0.3) is 5.91 Å². The minimum Gasteiger partial charge on any atom is -0.339 e. The van der Waals surface area contributed by atoms with Crippen LogP contribution in [0.5, 0.6) is 0 Å². The lowest BCUT2D eigenvalue weighted by Gasteiger charge is -2.10. The number of hydrogen-bond donors (Lipinski definition) is 1. The number of rotatable bonds is 5. The van der Waals surface area contributed by atoms with E-state index in [1.807, 2.05) is 19.9 Å². The molecule has 1 atom stereocenters. The Bertz CT molecular complexity index is 862. The van der Waals surface area contributed by atoms with E-state index in [0.29, 0.717) is 28.9 Å². The van der Waals surface area contributed by atoms with Gasteiger partial charge in [-0.2, -0.15) is 4.98 Å². The molecule has 25 heavy (non-hydrogen) atoms. The van der Waals surface area contributed by atoms with E-state index in [-0.39, 0.29) is 11.8 Å². The van der Waals surface area contributed by atoms with Crippen molar-refractivity contribution in [3.05, 3.63) is 54.1 Å². The van der Waals surface area contributed by atoms with Crippen LogP contribution in [0.4, 0.5) is 0 Å². The van der Waals surface area contributed by atoms with Gasteiger partial charge in [0.05, 0.1) is 0 Å². The number of hydrogen-bond acceptors (Lipinski definition) is 7. The van der Waals surface area contributed by atoms with Gasteiger partial charge in [-0.05, 0) is 25.1 Å². The first-order valence-electron chi connectivity index (χ1n) is 7.93. The van der Waals surface area contributed by atoms with E-state index in [1.165, 1.54) is 0 Å². The lowest BCUT2D eigenvalue weighted by molar-refractivity contribution is 0.0927. The summed E-state index contributed by atoms with van der Waals surface area (Å²) in [6, 6.07) is 6.54. The Morgan fingerprint density at radius 2 is 1.92 bits per heavy atom. The lowest BCUT2D eigenvalue weighted by Crippen LogP contribution is -2.28. The van der Waals surface area contributed by atoms with Crippen molar-refractivity contribution in [2.45, 2.75) is 32.7 Å². The van der Waals surface area contributed by atoms with Gasteiger partial charge < -0.3 is 9.84 Å². The van der Waals surface area contributed by atoms with Crippen LogP contribution in [0.1, 0.15) is 54.9 Å². The number of carbonyl (C=O) groups is 1. The maximum atomic E-state index is 12.4. The molecule has 0 radical (unpaired) electrons. The highest BCUT2D eigenvalue weighted by molar-refractivity contribution is 5.92. The van der Waals surface area contributed by atoms with Gasteiger partial charge in [0.1, 0.15) is 23.3 Å². The van der Waals surface area contributed by atoms with Gasteiger partial charge >= 0.3 is 0 Å². The van der Waals surface area contributed by atoms with Crippen LogP contribution in [0, 0.1) is 0 Å². The molecule has 0 saturated heterocycles. The lowest BCUT2D eigenvalue weighted by atomic mass is 10.2. The third kappa shape index (κ3) is 3.85. The first-order chi connectivity index (χ1) is 12.0. The SMILES string of the molecule is CC(C)c1nccc(C(=O)N[C@@H](C)c2nc(-c3ccccn3)no2)n1. The van der Waals surface area contributed by atoms with Crippen LogP contribution < -0.4 is 5.32 Å². The molecule has 0 unspecified atom stereocenters. The second-order valence-corrected chi connectivity index (χ2v) is 5.82. The first-order valence-corrected chi connectivity index (χ1v) is 7.93. The van der Waals surface area contributed by atoms with Crippen LogP contribution in [-0.2, 0) is 0 Å². The summed E-state index contributed by atoms with van der Waals surface area (Å²) in [5, 5.41) is 6.70. The second-order valence-electron chi connectivity index (χ2n) is 5.82. The number of nitrogens with one attached hydrogen (secondary N) is 1. The highest BCUT2D eigenvalue weighted by atomic mass is 16.5. The summed E-state index contributed by atoms with van der Waals surface area (Å²) >= 11 is 0. The van der Waals surface area contributed by atoms with Gasteiger partial charge in [0.2, 0.25) is 11.7 Å². The Morgan fingerprint density at radius 1 is 1.08 bits per heavy atom. The first kappa shape index (κ1) is 16.7. The van der Waals surface area contributed by atoms with Crippen molar-refractivity contribution < 1.29 is 9.32 Å². The fraction of sp³-hybridized carbons (Fsp3) is 0.294. The number of aromatic nitrogens is 5. The number of pyridine rings is 1. The number of carbonyl (C=O) groups excluding carboxylic acids is 1. The predicted octanol–water partition coefficient (Wildman–Crippen LogP) is 2.54. The summed E-state index contributed by atoms with van der Waals surface area (Å²) in [6.07, 6.45) is 3.23. The predicted molar refractivity (Wildman–Crippen MR) is 89.5 cm³/mol. The molecule has 0 fully saturated rings. The van der Waals surface area contributed by atoms with Gasteiger partial charge in [-0.3, -0.25) is 9.78 Å². The van der Waals surface area contributed by atoms with Crippen molar-refractivity contribution in [2.24, 2.45) is 0 Å². The van der Waals surface area contributed by atoms with Gasteiger partial charge in [0.15, 0.2) is 0 Å². The summed E-state index contributed by atoms with van der Waals surface area (Å²) in [5.74, 6) is 1.11. The zero-order valence-corrected chi connectivity index (χ0v) is 14.2. The average Bonchev–Trinajstić information content (AvgIpc) is 3.13. The van der Waals surface area contributed by atoms with Gasteiger partial charge in [-0.25, -0.2) is 9.97 Å². The van der Waals surface area contributed by atoms with Gasteiger partial charge in [-0.1, -0.05) is 25.1 Å². The Morgan fingerprint density at radius 3 is 2.64 bits per heavy atom. The molecule has 3 aromatic rings. The van der Waals surface area contributed by atoms with Crippen molar-refractivity contribution >= 4 is 5.91 Å². The van der Waals surface area contributed by atoms with E-state index in [9.17, 15) is 4.79 Å². The molecule has 8 nitrogen and oxygen atoms in total. The van der Waals surface area contributed by atoms with Gasteiger partial charge in [-0.15, -0.1) is 0 Å². The summed E-state index contributed by atoms with van der Waals surface area (Å²) < 4.78 is 5.23. The van der Waals surface area contributed by atoms with Crippen LogP contribution >= 0.6 is 0 Å². The van der Waals surface area contributed by atoms with Crippen molar-refractivity contribution in [1.29, 1.82) is 0 Å². The molecule has 0 spiro atoms. The summed E-state index contributed by atoms with van der Waals surface area (Å²) in [4.78, 5) is 29.3. The molecule has 1 N–H and O–H groups in total. The smallest absolute Gasteiger partial charge is 0.270 e. The summed E-state index contributed by atoms with van der Waals surface area (Å²) in [5.41, 5.74) is 0.906. The molecule has 0 bridgehead atoms. The standard InChI is InChI=1S/C17H18N6O2/c1-10(2)14-19-9-7-13(21-14)16(24)20-11(3)17-22-15(23-25-17)12-6-4-5-8-18-12/h4-11H,1-3H3,(H,20,24)/t11-/m0/s1. The minimum atomic E-state index is -0.463. The van der Waals surface area contributed by atoms with Crippen LogP contribution in [0.25, 0.3) is 11.5 Å². The average molecular weight is 338 g/mol. The molecule has 0 aromatic carbocycles. The summed E-state index contributed by atoms with van der Waals surface area (Å²) in [6.45, 7) is 5.70. The van der Waals surface area contributed by atoms with Crippen molar-refractivity contribution in [3.8, 4) is 11.5 Å². The Balaban J connectivity index is 1.72. The van der Waals surface area contributed by atoms with Crippen LogP contribution in [0.2, 0.25) is 0 Å². The number of amides is 1. The zero-order valence-electron chi connectivity index (χ0n) is 14.2. The van der Waals surface area contributed by atoms with Gasteiger partial charge in [0, 0.05) is 18.3 Å². The normalized spacial score (nSPS) is 12.2. The van der Waals surface area contributed by atoms with E-state index in [4.69, 9.17) is 4.52 Å². The molecule has 3 heterocycles. The maximum absolute atomic E-state index is 12.4. The van der Waals surface area contributed by atoms with E-state index >= 15 is 0 Å². The van der Waals surface area contributed by atoms with E-state index < -0.39 is 6.04 Å². The fourth-order valence-electron chi connectivity index (χ4n) is 2.12. The molecule has 0 aliphatic heterocycles.